The van der Waals surface area contributed by atoms with Crippen LogP contribution in [0.3, 0.4) is 0 Å². The van der Waals surface area contributed by atoms with Crippen LogP contribution >= 0.6 is 0 Å². The molecule has 0 saturated carbocycles. The maximum atomic E-state index is 4.97. The predicted molar refractivity (Wildman–Crippen MR) is 360 cm³/mol. The molecule has 12 aromatic carbocycles. The van der Waals surface area contributed by atoms with Crippen LogP contribution in [-0.2, 0) is 0 Å². The Morgan fingerprint density at radius 1 is 0.209 bits per heavy atom. The lowest BCUT2D eigenvalue weighted by Gasteiger charge is -2.11. The van der Waals surface area contributed by atoms with Crippen LogP contribution in [0.5, 0.6) is 0 Å². The zero-order valence-electron chi connectivity index (χ0n) is 46.7. The molecule has 0 fully saturated rings. The first kappa shape index (κ1) is 49.0. The molecule has 0 atom stereocenters. The van der Waals surface area contributed by atoms with Gasteiger partial charge in [-0.05, 0) is 141 Å². The number of hydrogen-bond donors (Lipinski definition) is 0. The second-order valence-corrected chi connectivity index (χ2v) is 22.0. The third kappa shape index (κ3) is 7.74. The standard InChI is InChI=1S/C41H27N3.C39H25N3/c1-3-12-28(13-4-1)29-22-24-31(25-23-29)43-36-19-9-7-16-34(36)39-32(18-11-21-38(39)43)33-26-27-42-41-40(33)35-17-8-10-20-37(35)44(41)30-14-5-2-6-15-30;1-2-13-28(14-3-1)42-35-19-9-7-16-33(35)38-31(23-24-40-39(38)42)30-17-10-20-36-37(30)32-15-6-8-18-34(32)41(36)29-22-21-26-11-4-5-12-27(26)25-29/h1-27H;1-25H. The van der Waals surface area contributed by atoms with Crippen LogP contribution < -0.4 is 0 Å². The largest absolute Gasteiger partial charge is 0.309 e. The second-order valence-electron chi connectivity index (χ2n) is 22.0. The maximum absolute atomic E-state index is 4.97. The molecule has 0 radical (unpaired) electrons. The highest BCUT2D eigenvalue weighted by molar-refractivity contribution is 6.23. The Morgan fingerprint density at radius 2 is 0.558 bits per heavy atom. The lowest BCUT2D eigenvalue weighted by atomic mass is 9.97. The molecule has 6 aromatic heterocycles. The van der Waals surface area contributed by atoms with Gasteiger partial charge in [0, 0.05) is 78.2 Å². The summed E-state index contributed by atoms with van der Waals surface area (Å²) in [4.78, 5) is 9.93. The Balaban J connectivity index is 0.000000135. The molecule has 6 nitrogen and oxygen atoms in total. The Labute approximate surface area is 495 Å². The van der Waals surface area contributed by atoms with E-state index in [4.69, 9.17) is 9.97 Å². The number of hydrogen-bond acceptors (Lipinski definition) is 2. The summed E-state index contributed by atoms with van der Waals surface area (Å²) in [6.45, 7) is 0. The van der Waals surface area contributed by atoms with Crippen LogP contribution in [0.25, 0.3) is 154 Å². The van der Waals surface area contributed by atoms with E-state index in [1.165, 1.54) is 109 Å². The first-order chi connectivity index (χ1) is 42.7. The van der Waals surface area contributed by atoms with E-state index in [9.17, 15) is 0 Å². The van der Waals surface area contributed by atoms with Crippen molar-refractivity contribution >= 4 is 98.3 Å². The van der Waals surface area contributed by atoms with Gasteiger partial charge in [0.05, 0.1) is 33.1 Å². The minimum Gasteiger partial charge on any atom is -0.309 e. The summed E-state index contributed by atoms with van der Waals surface area (Å²) in [6, 6.07) is 108. The molecule has 86 heavy (non-hydrogen) atoms. The molecular weight excluding hydrogens is 1040 g/mol. The van der Waals surface area contributed by atoms with Crippen molar-refractivity contribution in [3.05, 3.63) is 316 Å². The summed E-state index contributed by atoms with van der Waals surface area (Å²) in [6.07, 6.45) is 3.91. The highest BCUT2D eigenvalue weighted by Crippen LogP contribution is 2.46. The molecule has 0 amide bonds. The normalized spacial score (nSPS) is 11.7. The Hall–Kier alpha value is -11.6. The average Bonchev–Trinajstić information content (AvgIpc) is 1.77. The third-order valence-electron chi connectivity index (χ3n) is 17.3. The van der Waals surface area contributed by atoms with E-state index < -0.39 is 0 Å². The van der Waals surface area contributed by atoms with E-state index in [-0.39, 0.29) is 0 Å². The zero-order chi connectivity index (χ0) is 56.7. The van der Waals surface area contributed by atoms with Gasteiger partial charge in [-0.2, -0.15) is 0 Å². The fraction of sp³-hybridized carbons (Fsp3) is 0. The molecule has 0 bridgehead atoms. The van der Waals surface area contributed by atoms with E-state index >= 15 is 0 Å². The van der Waals surface area contributed by atoms with E-state index in [0.29, 0.717) is 0 Å². The van der Waals surface area contributed by atoms with E-state index in [1.54, 1.807) is 0 Å². The molecule has 6 heteroatoms. The minimum atomic E-state index is 0.965. The molecule has 0 saturated heterocycles. The molecular formula is C80H52N6. The van der Waals surface area contributed by atoms with Crippen molar-refractivity contribution < 1.29 is 0 Å². The van der Waals surface area contributed by atoms with Crippen molar-refractivity contribution in [2.45, 2.75) is 0 Å². The van der Waals surface area contributed by atoms with Gasteiger partial charge in [0.15, 0.2) is 0 Å². The van der Waals surface area contributed by atoms with Gasteiger partial charge in [-0.1, -0.05) is 206 Å². The molecule has 18 aromatic rings. The van der Waals surface area contributed by atoms with Gasteiger partial charge in [-0.25, -0.2) is 9.97 Å². The molecule has 0 spiro atoms. The Bertz CT molecular complexity index is 5630. The number of pyridine rings is 2. The zero-order valence-corrected chi connectivity index (χ0v) is 46.7. The molecule has 18 rings (SSSR count). The van der Waals surface area contributed by atoms with Crippen LogP contribution in [-0.4, -0.2) is 28.2 Å². The van der Waals surface area contributed by atoms with Crippen LogP contribution in [0.1, 0.15) is 0 Å². The lowest BCUT2D eigenvalue weighted by Crippen LogP contribution is -1.95. The van der Waals surface area contributed by atoms with Crippen molar-refractivity contribution in [1.82, 2.24) is 28.2 Å². The molecule has 0 aliphatic carbocycles. The van der Waals surface area contributed by atoms with Crippen molar-refractivity contribution in [3.63, 3.8) is 0 Å². The molecule has 0 aliphatic heterocycles. The third-order valence-corrected chi connectivity index (χ3v) is 17.3. The van der Waals surface area contributed by atoms with Crippen molar-refractivity contribution in [1.29, 1.82) is 0 Å². The summed E-state index contributed by atoms with van der Waals surface area (Å²) in [5, 5.41) is 12.2. The van der Waals surface area contributed by atoms with Gasteiger partial charge in [0.25, 0.3) is 0 Å². The monoisotopic (exact) mass is 1100 g/mol. The van der Waals surface area contributed by atoms with E-state index in [0.717, 1.165) is 45.1 Å². The van der Waals surface area contributed by atoms with Gasteiger partial charge in [-0.15, -0.1) is 0 Å². The number of benzene rings is 12. The van der Waals surface area contributed by atoms with Gasteiger partial charge in [0.1, 0.15) is 11.3 Å². The highest BCUT2D eigenvalue weighted by atomic mass is 15.1. The molecule has 6 heterocycles. The topological polar surface area (TPSA) is 45.5 Å². The molecule has 0 aliphatic rings. The number of fused-ring (bicyclic) bond motifs is 13. The summed E-state index contributed by atoms with van der Waals surface area (Å²) in [7, 11) is 0. The van der Waals surface area contributed by atoms with Crippen LogP contribution in [0.2, 0.25) is 0 Å². The maximum Gasteiger partial charge on any atom is 0.146 e. The summed E-state index contributed by atoms with van der Waals surface area (Å²) >= 11 is 0. The first-order valence-electron chi connectivity index (χ1n) is 29.3. The first-order valence-corrected chi connectivity index (χ1v) is 29.3. The minimum absolute atomic E-state index is 0.965. The van der Waals surface area contributed by atoms with Crippen LogP contribution in [0.15, 0.2) is 316 Å². The fourth-order valence-electron chi connectivity index (χ4n) is 13.7. The summed E-state index contributed by atoms with van der Waals surface area (Å²) in [5.74, 6) is 0. The smallest absolute Gasteiger partial charge is 0.146 e. The molecule has 0 unspecified atom stereocenters. The van der Waals surface area contributed by atoms with Gasteiger partial charge >= 0.3 is 0 Å². The summed E-state index contributed by atoms with van der Waals surface area (Å²) in [5.41, 5.74) is 20.8. The van der Waals surface area contributed by atoms with Gasteiger partial charge < -0.3 is 9.13 Å². The molecule has 402 valence electrons. The average molecular weight is 1100 g/mol. The predicted octanol–water partition coefficient (Wildman–Crippen LogP) is 20.7. The Morgan fingerprint density at radius 3 is 1.06 bits per heavy atom. The van der Waals surface area contributed by atoms with Gasteiger partial charge in [0.2, 0.25) is 0 Å². The number of nitrogens with zero attached hydrogens (tertiary/aromatic N) is 6. The fourth-order valence-corrected chi connectivity index (χ4v) is 13.7. The van der Waals surface area contributed by atoms with E-state index in [1.807, 2.05) is 12.4 Å². The SMILES string of the molecule is c1ccc(-c2ccc(-n3c4ccccc4c4c(-c5ccnc6c5c5ccccc5n6-c5ccccc5)cccc43)cc2)cc1.c1ccc(-n2c3ccccc3c3c(-c4cccc5c4c4ccccc4n5-c4ccc5ccccc5c4)ccnc32)cc1. The van der Waals surface area contributed by atoms with E-state index in [2.05, 4.69) is 322 Å². The highest BCUT2D eigenvalue weighted by Gasteiger charge is 2.24. The van der Waals surface area contributed by atoms with Gasteiger partial charge in [-0.3, -0.25) is 9.13 Å². The lowest BCUT2D eigenvalue weighted by molar-refractivity contribution is 1.14. The van der Waals surface area contributed by atoms with Crippen molar-refractivity contribution in [2.24, 2.45) is 0 Å². The number of rotatable bonds is 7. The second kappa shape index (κ2) is 20.1. The quantitative estimate of drug-likeness (QED) is 0.160. The van der Waals surface area contributed by atoms with Crippen molar-refractivity contribution in [3.8, 4) is 56.1 Å². The molecule has 0 N–H and O–H groups in total. The summed E-state index contributed by atoms with van der Waals surface area (Å²) < 4.78 is 9.37. The van der Waals surface area contributed by atoms with Crippen LogP contribution in [0, 0.1) is 0 Å². The number of para-hydroxylation sites is 6. The number of aromatic nitrogens is 6. The van der Waals surface area contributed by atoms with Crippen LogP contribution in [0.4, 0.5) is 0 Å². The van der Waals surface area contributed by atoms with Crippen molar-refractivity contribution in [2.75, 3.05) is 0 Å². The Kier molecular flexibility index (Phi) is 11.5.